The number of rotatable bonds is 5. The number of nitrogens with one attached hydrogen (secondary N) is 1. The van der Waals surface area contributed by atoms with Gasteiger partial charge in [-0.2, -0.15) is 5.10 Å². The van der Waals surface area contributed by atoms with Crippen LogP contribution in [-0.4, -0.2) is 21.7 Å². The first-order chi connectivity index (χ1) is 7.15. The van der Waals surface area contributed by atoms with E-state index in [1.54, 1.807) is 6.20 Å². The molecule has 84 valence electrons. The average Bonchev–Trinajstić information content (AvgIpc) is 2.60. The van der Waals surface area contributed by atoms with Crippen LogP contribution in [0.1, 0.15) is 26.7 Å². The van der Waals surface area contributed by atoms with Crippen molar-refractivity contribution in [1.82, 2.24) is 15.1 Å². The Morgan fingerprint density at radius 3 is 2.73 bits per heavy atom. The maximum atomic E-state index is 11.5. The molecule has 0 aliphatic carbocycles. The third-order valence-corrected chi connectivity index (χ3v) is 2.31. The van der Waals surface area contributed by atoms with Crippen LogP contribution < -0.4 is 11.1 Å². The summed E-state index contributed by atoms with van der Waals surface area (Å²) in [5.74, 6) is -0.0215. The van der Waals surface area contributed by atoms with Crippen molar-refractivity contribution in [3.63, 3.8) is 0 Å². The number of hydrogen-bond donors (Lipinski definition) is 2. The molecule has 15 heavy (non-hydrogen) atoms. The van der Waals surface area contributed by atoms with Crippen molar-refractivity contribution < 1.29 is 4.79 Å². The minimum absolute atomic E-state index is 0.0215. The van der Waals surface area contributed by atoms with Gasteiger partial charge < -0.3 is 11.1 Å². The summed E-state index contributed by atoms with van der Waals surface area (Å²) in [6, 6.07) is 0.255. The molecule has 5 nitrogen and oxygen atoms in total. The Kier molecular flexibility index (Phi) is 4.15. The molecule has 0 bridgehead atoms. The van der Waals surface area contributed by atoms with Crippen LogP contribution in [0, 0.1) is 0 Å². The van der Waals surface area contributed by atoms with Gasteiger partial charge in [-0.05, 0) is 12.8 Å². The average molecular weight is 210 g/mol. The zero-order chi connectivity index (χ0) is 11.3. The smallest absolute Gasteiger partial charge is 0.241 e. The molecule has 0 fully saturated rings. The highest BCUT2D eigenvalue weighted by Gasteiger charge is 2.08. The van der Waals surface area contributed by atoms with Crippen LogP contribution in [0.2, 0.25) is 0 Å². The number of carbonyl (C=O) groups excluding carboxylic acids is 1. The van der Waals surface area contributed by atoms with Crippen molar-refractivity contribution in [3.05, 3.63) is 12.4 Å². The first-order valence-corrected chi connectivity index (χ1v) is 5.23. The van der Waals surface area contributed by atoms with Gasteiger partial charge in [-0.25, -0.2) is 0 Å². The lowest BCUT2D eigenvalue weighted by atomic mass is 10.2. The van der Waals surface area contributed by atoms with Crippen LogP contribution in [0.5, 0.6) is 0 Å². The molecule has 1 heterocycles. The second kappa shape index (κ2) is 5.38. The minimum Gasteiger partial charge on any atom is -0.396 e. The molecule has 0 spiro atoms. The van der Waals surface area contributed by atoms with Crippen molar-refractivity contribution in [2.75, 3.05) is 5.73 Å². The van der Waals surface area contributed by atoms with Crippen LogP contribution in [-0.2, 0) is 11.3 Å². The summed E-state index contributed by atoms with van der Waals surface area (Å²) in [6.07, 6.45) is 5.07. The van der Waals surface area contributed by atoms with Gasteiger partial charge in [0, 0.05) is 12.2 Å². The number of aromatic nitrogens is 2. The largest absolute Gasteiger partial charge is 0.396 e. The Hall–Kier alpha value is -1.52. The summed E-state index contributed by atoms with van der Waals surface area (Å²) in [4.78, 5) is 11.5. The van der Waals surface area contributed by atoms with Crippen LogP contribution in [0.15, 0.2) is 12.4 Å². The van der Waals surface area contributed by atoms with E-state index in [1.165, 1.54) is 10.9 Å². The van der Waals surface area contributed by atoms with E-state index in [0.29, 0.717) is 5.69 Å². The molecule has 1 aromatic rings. The number of amides is 1. The molecule has 0 saturated heterocycles. The Morgan fingerprint density at radius 2 is 2.27 bits per heavy atom. The van der Waals surface area contributed by atoms with E-state index in [-0.39, 0.29) is 18.5 Å². The molecule has 0 aliphatic rings. The molecular formula is C10H18N4O. The second-order valence-corrected chi connectivity index (χ2v) is 3.55. The van der Waals surface area contributed by atoms with Crippen molar-refractivity contribution in [2.45, 2.75) is 39.3 Å². The SMILES string of the molecule is CCC(CC)NC(=O)Cn1cc(N)cn1. The number of nitrogens with zero attached hydrogens (tertiary/aromatic N) is 2. The van der Waals surface area contributed by atoms with E-state index in [9.17, 15) is 4.79 Å². The molecule has 0 aromatic carbocycles. The van der Waals surface area contributed by atoms with Gasteiger partial charge in [0.25, 0.3) is 0 Å². The topological polar surface area (TPSA) is 72.9 Å². The van der Waals surface area contributed by atoms with Crippen LogP contribution in [0.4, 0.5) is 5.69 Å². The molecule has 0 unspecified atom stereocenters. The van der Waals surface area contributed by atoms with Gasteiger partial charge in [-0.1, -0.05) is 13.8 Å². The van der Waals surface area contributed by atoms with E-state index in [0.717, 1.165) is 12.8 Å². The molecule has 0 atom stereocenters. The third-order valence-electron chi connectivity index (χ3n) is 2.31. The van der Waals surface area contributed by atoms with Crippen LogP contribution in [0.3, 0.4) is 0 Å². The highest BCUT2D eigenvalue weighted by atomic mass is 16.2. The number of anilines is 1. The fourth-order valence-electron chi connectivity index (χ4n) is 1.38. The van der Waals surface area contributed by atoms with E-state index in [4.69, 9.17) is 5.73 Å². The predicted molar refractivity (Wildman–Crippen MR) is 59.2 cm³/mol. The summed E-state index contributed by atoms with van der Waals surface area (Å²) in [5.41, 5.74) is 6.07. The number of carbonyl (C=O) groups is 1. The third kappa shape index (κ3) is 3.61. The van der Waals surface area contributed by atoms with Gasteiger partial charge in [-0.15, -0.1) is 0 Å². The minimum atomic E-state index is -0.0215. The summed E-state index contributed by atoms with van der Waals surface area (Å²) < 4.78 is 1.53. The van der Waals surface area contributed by atoms with Gasteiger partial charge in [-0.3, -0.25) is 9.48 Å². The first kappa shape index (κ1) is 11.6. The van der Waals surface area contributed by atoms with Gasteiger partial charge in [0.15, 0.2) is 0 Å². The lowest BCUT2D eigenvalue weighted by Crippen LogP contribution is -2.36. The zero-order valence-electron chi connectivity index (χ0n) is 9.23. The summed E-state index contributed by atoms with van der Waals surface area (Å²) in [7, 11) is 0. The van der Waals surface area contributed by atoms with Crippen molar-refractivity contribution in [1.29, 1.82) is 0 Å². The van der Waals surface area contributed by atoms with E-state index >= 15 is 0 Å². The Balaban J connectivity index is 2.42. The van der Waals surface area contributed by atoms with Gasteiger partial charge in [0.1, 0.15) is 6.54 Å². The molecule has 0 radical (unpaired) electrons. The fourth-order valence-corrected chi connectivity index (χ4v) is 1.38. The summed E-state index contributed by atoms with van der Waals surface area (Å²) >= 11 is 0. The number of hydrogen-bond acceptors (Lipinski definition) is 3. The second-order valence-electron chi connectivity index (χ2n) is 3.55. The Bertz CT molecular complexity index is 317. The molecule has 1 aromatic heterocycles. The number of nitrogens with two attached hydrogens (primary N) is 1. The van der Waals surface area contributed by atoms with E-state index in [1.807, 2.05) is 0 Å². The molecule has 0 saturated carbocycles. The maximum absolute atomic E-state index is 11.5. The van der Waals surface area contributed by atoms with Gasteiger partial charge in [0.2, 0.25) is 5.91 Å². The van der Waals surface area contributed by atoms with Crippen LogP contribution in [0.25, 0.3) is 0 Å². The molecular weight excluding hydrogens is 192 g/mol. The maximum Gasteiger partial charge on any atom is 0.241 e. The fraction of sp³-hybridized carbons (Fsp3) is 0.600. The van der Waals surface area contributed by atoms with E-state index in [2.05, 4.69) is 24.3 Å². The highest BCUT2D eigenvalue weighted by Crippen LogP contribution is 1.99. The summed E-state index contributed by atoms with van der Waals surface area (Å²) in [5, 5.41) is 6.88. The van der Waals surface area contributed by atoms with Gasteiger partial charge >= 0.3 is 0 Å². The lowest BCUT2D eigenvalue weighted by Gasteiger charge is -2.14. The number of nitrogen functional groups attached to an aromatic ring is 1. The Morgan fingerprint density at radius 1 is 1.60 bits per heavy atom. The molecule has 1 rings (SSSR count). The first-order valence-electron chi connectivity index (χ1n) is 5.23. The van der Waals surface area contributed by atoms with Crippen molar-refractivity contribution in [3.8, 4) is 0 Å². The molecule has 0 aliphatic heterocycles. The predicted octanol–water partition coefficient (Wildman–Crippen LogP) is 0.770. The molecule has 3 N–H and O–H groups in total. The van der Waals surface area contributed by atoms with Gasteiger partial charge in [0.05, 0.1) is 11.9 Å². The van der Waals surface area contributed by atoms with Crippen LogP contribution >= 0.6 is 0 Å². The standard InChI is InChI=1S/C10H18N4O/c1-3-9(4-2)13-10(15)7-14-6-8(11)5-12-14/h5-6,9H,3-4,7,11H2,1-2H3,(H,13,15). The lowest BCUT2D eigenvalue weighted by molar-refractivity contribution is -0.122. The molecule has 5 heteroatoms. The Labute approximate surface area is 89.6 Å². The molecule has 1 amide bonds. The normalized spacial score (nSPS) is 10.6. The van der Waals surface area contributed by atoms with Crippen molar-refractivity contribution in [2.24, 2.45) is 0 Å². The monoisotopic (exact) mass is 210 g/mol. The van der Waals surface area contributed by atoms with E-state index < -0.39 is 0 Å². The summed E-state index contributed by atoms with van der Waals surface area (Å²) in [6.45, 7) is 4.34. The van der Waals surface area contributed by atoms with Crippen molar-refractivity contribution >= 4 is 11.6 Å². The quantitative estimate of drug-likeness (QED) is 0.754. The zero-order valence-corrected chi connectivity index (χ0v) is 9.23. The highest BCUT2D eigenvalue weighted by molar-refractivity contribution is 5.76.